The SMILES string of the molecule is CCN=C(NS(=O)(=O)c1cccc(Cl)c1)N1CC(CCF)(CCF)C=N1. The third-order valence-corrected chi connectivity index (χ3v) is 5.57. The fourth-order valence-corrected chi connectivity index (χ4v) is 3.94. The monoisotopic (exact) mass is 406 g/mol. The summed E-state index contributed by atoms with van der Waals surface area (Å²) in [7, 11) is -3.93. The molecule has 144 valence electrons. The second kappa shape index (κ2) is 8.77. The van der Waals surface area contributed by atoms with E-state index in [1.807, 2.05) is 0 Å². The minimum Gasteiger partial charge on any atom is -0.251 e. The van der Waals surface area contributed by atoms with Crippen molar-refractivity contribution >= 4 is 33.8 Å². The number of benzene rings is 1. The largest absolute Gasteiger partial charge is 0.264 e. The molecule has 10 heteroatoms. The molecule has 0 aromatic heterocycles. The fraction of sp³-hybridized carbons (Fsp3) is 0.500. The summed E-state index contributed by atoms with van der Waals surface area (Å²) in [5.74, 6) is 0.00307. The van der Waals surface area contributed by atoms with Crippen molar-refractivity contribution in [2.45, 2.75) is 24.7 Å². The maximum Gasteiger partial charge on any atom is 0.264 e. The molecule has 1 aliphatic heterocycles. The van der Waals surface area contributed by atoms with Gasteiger partial charge >= 0.3 is 0 Å². The van der Waals surface area contributed by atoms with Crippen LogP contribution in [0.5, 0.6) is 0 Å². The van der Waals surface area contributed by atoms with E-state index in [0.717, 1.165) is 0 Å². The molecule has 0 bridgehead atoms. The van der Waals surface area contributed by atoms with E-state index in [4.69, 9.17) is 11.6 Å². The normalized spacial score (nSPS) is 16.9. The van der Waals surface area contributed by atoms with Gasteiger partial charge < -0.3 is 0 Å². The lowest BCUT2D eigenvalue weighted by atomic mass is 9.84. The molecule has 0 unspecified atom stereocenters. The Morgan fingerprint density at radius 3 is 2.65 bits per heavy atom. The molecule has 1 N–H and O–H groups in total. The van der Waals surface area contributed by atoms with Gasteiger partial charge in [0, 0.05) is 23.2 Å². The van der Waals surface area contributed by atoms with Crippen LogP contribution in [0.3, 0.4) is 0 Å². The van der Waals surface area contributed by atoms with E-state index in [1.165, 1.54) is 29.4 Å². The standard InChI is InChI=1S/C16H21ClF2N4O2S/c1-2-20-15(22-26(24,25)14-5-3-4-13(17)10-14)23-12-16(6-8-18,7-9-19)11-21-23/h3-5,10-11H,2,6-9,12H2,1H3,(H,20,22). The van der Waals surface area contributed by atoms with E-state index < -0.39 is 28.8 Å². The minimum absolute atomic E-state index is 0.00307. The van der Waals surface area contributed by atoms with Crippen LogP contribution in [-0.2, 0) is 10.0 Å². The lowest BCUT2D eigenvalue weighted by molar-refractivity contribution is 0.250. The summed E-state index contributed by atoms with van der Waals surface area (Å²) < 4.78 is 53.3. The Hall–Kier alpha value is -1.74. The number of hydrazone groups is 1. The zero-order valence-corrected chi connectivity index (χ0v) is 15.9. The summed E-state index contributed by atoms with van der Waals surface area (Å²) in [5.41, 5.74) is -0.778. The molecule has 0 atom stereocenters. The van der Waals surface area contributed by atoms with Crippen LogP contribution in [0.1, 0.15) is 19.8 Å². The number of guanidine groups is 1. The molecule has 0 saturated carbocycles. The lowest BCUT2D eigenvalue weighted by Crippen LogP contribution is -2.43. The van der Waals surface area contributed by atoms with Crippen LogP contribution < -0.4 is 4.72 Å². The Morgan fingerprint density at radius 2 is 2.08 bits per heavy atom. The Kier molecular flexibility index (Phi) is 6.94. The number of aliphatic imine (C=N–C) groups is 1. The van der Waals surface area contributed by atoms with Crippen LogP contribution in [0, 0.1) is 5.41 Å². The van der Waals surface area contributed by atoms with Crippen molar-refractivity contribution in [3.8, 4) is 0 Å². The smallest absolute Gasteiger partial charge is 0.251 e. The number of nitrogens with zero attached hydrogens (tertiary/aromatic N) is 3. The average Bonchev–Trinajstić information content (AvgIpc) is 2.99. The molecule has 0 saturated heterocycles. The summed E-state index contributed by atoms with van der Waals surface area (Å²) in [6, 6.07) is 5.81. The number of alkyl halides is 2. The van der Waals surface area contributed by atoms with Gasteiger partial charge in [-0.2, -0.15) is 5.10 Å². The molecule has 1 aliphatic rings. The van der Waals surface area contributed by atoms with Crippen LogP contribution in [0.4, 0.5) is 8.78 Å². The maximum absolute atomic E-state index is 12.9. The molecule has 26 heavy (non-hydrogen) atoms. The highest BCUT2D eigenvalue weighted by Gasteiger charge is 2.37. The zero-order chi connectivity index (χ0) is 19.2. The predicted octanol–water partition coefficient (Wildman–Crippen LogP) is 3.00. The highest BCUT2D eigenvalue weighted by Crippen LogP contribution is 2.31. The van der Waals surface area contributed by atoms with Gasteiger partial charge in [-0.25, -0.2) is 18.1 Å². The Morgan fingerprint density at radius 1 is 1.38 bits per heavy atom. The summed E-state index contributed by atoms with van der Waals surface area (Å²) >= 11 is 5.86. The molecule has 1 aromatic rings. The second-order valence-corrected chi connectivity index (χ2v) is 8.02. The van der Waals surface area contributed by atoms with Crippen molar-refractivity contribution in [3.63, 3.8) is 0 Å². The number of hydrogen-bond acceptors (Lipinski definition) is 4. The van der Waals surface area contributed by atoms with Gasteiger partial charge in [0.2, 0.25) is 5.96 Å². The van der Waals surface area contributed by atoms with Gasteiger partial charge in [0.15, 0.2) is 0 Å². The summed E-state index contributed by atoms with van der Waals surface area (Å²) in [6.07, 6.45) is 1.69. The van der Waals surface area contributed by atoms with E-state index >= 15 is 0 Å². The minimum atomic E-state index is -3.93. The highest BCUT2D eigenvalue weighted by molar-refractivity contribution is 7.90. The molecule has 6 nitrogen and oxygen atoms in total. The summed E-state index contributed by atoms with van der Waals surface area (Å²) in [4.78, 5) is 4.13. The first kappa shape index (κ1) is 20.6. The fourth-order valence-electron chi connectivity index (χ4n) is 2.62. The van der Waals surface area contributed by atoms with Crippen LogP contribution in [0.2, 0.25) is 5.02 Å². The van der Waals surface area contributed by atoms with Gasteiger partial charge in [0.25, 0.3) is 10.0 Å². The summed E-state index contributed by atoms with van der Waals surface area (Å²) in [5, 5.41) is 5.75. The molecule has 0 amide bonds. The van der Waals surface area contributed by atoms with Gasteiger partial charge in [-0.3, -0.25) is 13.8 Å². The molecule has 0 radical (unpaired) electrons. The zero-order valence-electron chi connectivity index (χ0n) is 14.3. The van der Waals surface area contributed by atoms with Gasteiger partial charge in [-0.15, -0.1) is 0 Å². The van der Waals surface area contributed by atoms with Crippen molar-refractivity contribution in [1.29, 1.82) is 0 Å². The van der Waals surface area contributed by atoms with Crippen molar-refractivity contribution in [3.05, 3.63) is 29.3 Å². The van der Waals surface area contributed by atoms with Crippen LogP contribution in [0.15, 0.2) is 39.3 Å². The van der Waals surface area contributed by atoms with E-state index in [9.17, 15) is 17.2 Å². The molecule has 1 aromatic carbocycles. The number of sulfonamides is 1. The Labute approximate surface area is 157 Å². The highest BCUT2D eigenvalue weighted by atomic mass is 35.5. The number of hydrogen-bond donors (Lipinski definition) is 1. The van der Waals surface area contributed by atoms with Crippen LogP contribution in [0.25, 0.3) is 0 Å². The number of halogens is 3. The Balaban J connectivity index is 2.23. The van der Waals surface area contributed by atoms with Gasteiger partial charge in [0.1, 0.15) is 0 Å². The topological polar surface area (TPSA) is 74.1 Å². The first-order valence-electron chi connectivity index (χ1n) is 8.13. The third-order valence-electron chi connectivity index (χ3n) is 4.00. The molecule has 0 spiro atoms. The van der Waals surface area contributed by atoms with E-state index in [0.29, 0.717) is 6.54 Å². The van der Waals surface area contributed by atoms with Crippen molar-refractivity contribution in [1.82, 2.24) is 9.73 Å². The third kappa shape index (κ3) is 4.91. The van der Waals surface area contributed by atoms with Gasteiger partial charge in [0.05, 0.1) is 24.8 Å². The summed E-state index contributed by atoms with van der Waals surface area (Å²) in [6.45, 7) is 0.961. The first-order chi connectivity index (χ1) is 12.4. The van der Waals surface area contributed by atoms with Crippen LogP contribution >= 0.6 is 11.6 Å². The van der Waals surface area contributed by atoms with E-state index in [1.54, 1.807) is 13.0 Å². The average molecular weight is 407 g/mol. The number of rotatable bonds is 7. The Bertz CT molecular complexity index is 780. The van der Waals surface area contributed by atoms with Crippen LogP contribution in [-0.4, -0.2) is 52.0 Å². The lowest BCUT2D eigenvalue weighted by Gasteiger charge is -2.26. The van der Waals surface area contributed by atoms with Gasteiger partial charge in [-0.05, 0) is 38.0 Å². The van der Waals surface area contributed by atoms with E-state index in [-0.39, 0.29) is 35.3 Å². The molecule has 0 fully saturated rings. The van der Waals surface area contributed by atoms with Crippen molar-refractivity contribution < 1.29 is 17.2 Å². The van der Waals surface area contributed by atoms with Crippen molar-refractivity contribution in [2.24, 2.45) is 15.5 Å². The van der Waals surface area contributed by atoms with Gasteiger partial charge in [-0.1, -0.05) is 17.7 Å². The first-order valence-corrected chi connectivity index (χ1v) is 9.99. The molecule has 2 rings (SSSR count). The second-order valence-electron chi connectivity index (χ2n) is 5.90. The molecule has 1 heterocycles. The molecular weight excluding hydrogens is 386 g/mol. The quantitative estimate of drug-likeness (QED) is 0.558. The molecule has 0 aliphatic carbocycles. The van der Waals surface area contributed by atoms with E-state index in [2.05, 4.69) is 14.8 Å². The molecular formula is C16H21ClF2N4O2S. The van der Waals surface area contributed by atoms with Crippen molar-refractivity contribution in [2.75, 3.05) is 26.4 Å². The predicted molar refractivity (Wildman–Crippen MR) is 98.6 cm³/mol. The maximum atomic E-state index is 12.9. The number of nitrogens with one attached hydrogen (secondary N) is 1.